The van der Waals surface area contributed by atoms with Crippen LogP contribution in [0, 0.1) is 0 Å². The number of nitrogens with zero attached hydrogens (tertiary/aromatic N) is 3. The molecule has 1 aromatic heterocycles. The van der Waals surface area contributed by atoms with Gasteiger partial charge in [0.1, 0.15) is 5.75 Å². The molecule has 2 heterocycles. The zero-order valence-electron chi connectivity index (χ0n) is 15.4. The van der Waals surface area contributed by atoms with Crippen LogP contribution in [0.2, 0.25) is 0 Å². The summed E-state index contributed by atoms with van der Waals surface area (Å²) in [5.74, 6) is 1.03. The van der Waals surface area contributed by atoms with E-state index in [1.807, 2.05) is 60.3 Å². The van der Waals surface area contributed by atoms with Crippen LogP contribution in [0.15, 0.2) is 65.8 Å². The van der Waals surface area contributed by atoms with Gasteiger partial charge in [0.15, 0.2) is 12.4 Å². The van der Waals surface area contributed by atoms with Crippen LogP contribution in [0.5, 0.6) is 5.75 Å². The summed E-state index contributed by atoms with van der Waals surface area (Å²) in [6, 6.07) is 18.0. The standard InChI is InChI=1S/C21H20N4O2S/c1-14-24-21-18(11-23-25(21)12-15-5-3-2-4-6-15)20(28-14)16-7-9-17(10-8-16)27-13-19(22)26/h2-11,20H,12-13H2,1H3,(H2,22,26). The zero-order valence-corrected chi connectivity index (χ0v) is 16.2. The molecule has 28 heavy (non-hydrogen) atoms. The fourth-order valence-electron chi connectivity index (χ4n) is 3.12. The molecule has 2 N–H and O–H groups in total. The van der Waals surface area contributed by atoms with Crippen molar-refractivity contribution in [2.75, 3.05) is 6.61 Å². The summed E-state index contributed by atoms with van der Waals surface area (Å²) in [7, 11) is 0. The number of benzene rings is 2. The second-order valence-corrected chi connectivity index (χ2v) is 7.82. The average Bonchev–Trinajstić information content (AvgIpc) is 3.09. The third-order valence-electron chi connectivity index (χ3n) is 4.41. The number of carbonyl (C=O) groups excluding carboxylic acids is 1. The molecule has 0 spiro atoms. The van der Waals surface area contributed by atoms with E-state index in [0.29, 0.717) is 12.3 Å². The minimum absolute atomic E-state index is 0.113. The van der Waals surface area contributed by atoms with Crippen molar-refractivity contribution in [3.63, 3.8) is 0 Å². The van der Waals surface area contributed by atoms with Gasteiger partial charge in [0.05, 0.1) is 23.0 Å². The van der Waals surface area contributed by atoms with Crippen LogP contribution in [0.1, 0.15) is 28.9 Å². The van der Waals surface area contributed by atoms with Crippen molar-refractivity contribution in [1.29, 1.82) is 0 Å². The summed E-state index contributed by atoms with van der Waals surface area (Å²) < 4.78 is 7.30. The quantitative estimate of drug-likeness (QED) is 0.694. The SMILES string of the molecule is CC1=Nc2c(cnn2Cc2ccccc2)C(c2ccc(OCC(N)=O)cc2)S1. The maximum atomic E-state index is 10.9. The Bertz CT molecular complexity index is 1010. The normalized spacial score (nSPS) is 15.6. The number of primary amides is 1. The van der Waals surface area contributed by atoms with E-state index in [4.69, 9.17) is 15.5 Å². The van der Waals surface area contributed by atoms with E-state index in [2.05, 4.69) is 17.2 Å². The number of fused-ring (bicyclic) bond motifs is 1. The summed E-state index contributed by atoms with van der Waals surface area (Å²) in [5, 5.41) is 5.70. The van der Waals surface area contributed by atoms with Crippen LogP contribution in [-0.2, 0) is 11.3 Å². The molecule has 3 aromatic rings. The Morgan fingerprint density at radius 3 is 2.64 bits per heavy atom. The molecule has 1 unspecified atom stereocenters. The molecule has 7 heteroatoms. The molecule has 0 fully saturated rings. The first kappa shape index (κ1) is 18.3. The lowest BCUT2D eigenvalue weighted by Gasteiger charge is -2.21. The molecule has 0 bridgehead atoms. The van der Waals surface area contributed by atoms with E-state index in [0.717, 1.165) is 22.0 Å². The van der Waals surface area contributed by atoms with Gasteiger partial charge in [-0.2, -0.15) is 5.10 Å². The fourth-order valence-corrected chi connectivity index (χ4v) is 4.19. The van der Waals surface area contributed by atoms with Crippen LogP contribution in [-0.4, -0.2) is 27.3 Å². The molecule has 6 nitrogen and oxygen atoms in total. The molecule has 1 amide bonds. The van der Waals surface area contributed by atoms with Gasteiger partial charge in [-0.05, 0) is 30.2 Å². The molecule has 2 aromatic carbocycles. The highest BCUT2D eigenvalue weighted by Crippen LogP contribution is 2.45. The van der Waals surface area contributed by atoms with Crippen molar-refractivity contribution >= 4 is 28.5 Å². The predicted octanol–water partition coefficient (Wildman–Crippen LogP) is 3.68. The van der Waals surface area contributed by atoms with Gasteiger partial charge >= 0.3 is 0 Å². The highest BCUT2D eigenvalue weighted by molar-refractivity contribution is 8.14. The third kappa shape index (κ3) is 3.94. The molecule has 0 aliphatic carbocycles. The number of hydrogen-bond donors (Lipinski definition) is 1. The van der Waals surface area contributed by atoms with E-state index in [9.17, 15) is 4.79 Å². The first-order valence-electron chi connectivity index (χ1n) is 8.93. The maximum absolute atomic E-state index is 10.9. The van der Waals surface area contributed by atoms with Crippen LogP contribution in [0.25, 0.3) is 0 Å². The summed E-state index contributed by atoms with van der Waals surface area (Å²) in [6.07, 6.45) is 1.91. The molecule has 0 radical (unpaired) electrons. The van der Waals surface area contributed by atoms with E-state index < -0.39 is 5.91 Å². The van der Waals surface area contributed by atoms with Crippen LogP contribution >= 0.6 is 11.8 Å². The van der Waals surface area contributed by atoms with Crippen molar-refractivity contribution in [1.82, 2.24) is 9.78 Å². The molecular formula is C21H20N4O2S. The summed E-state index contributed by atoms with van der Waals surface area (Å²) in [4.78, 5) is 15.6. The minimum Gasteiger partial charge on any atom is -0.484 e. The smallest absolute Gasteiger partial charge is 0.255 e. The highest BCUT2D eigenvalue weighted by Gasteiger charge is 2.27. The Kier molecular flexibility index (Phi) is 5.16. The molecule has 4 rings (SSSR count). The average molecular weight is 392 g/mol. The first-order valence-corrected chi connectivity index (χ1v) is 9.81. The van der Waals surface area contributed by atoms with Gasteiger partial charge < -0.3 is 10.5 Å². The van der Waals surface area contributed by atoms with Crippen LogP contribution in [0.3, 0.4) is 0 Å². The van der Waals surface area contributed by atoms with Gasteiger partial charge in [0, 0.05) is 5.56 Å². The Morgan fingerprint density at radius 1 is 1.18 bits per heavy atom. The van der Waals surface area contributed by atoms with E-state index in [-0.39, 0.29) is 11.9 Å². The Hall–Kier alpha value is -3.06. The second-order valence-electron chi connectivity index (χ2n) is 6.52. The van der Waals surface area contributed by atoms with Crippen molar-refractivity contribution in [3.05, 3.63) is 77.5 Å². The lowest BCUT2D eigenvalue weighted by Crippen LogP contribution is -2.20. The second kappa shape index (κ2) is 7.90. The largest absolute Gasteiger partial charge is 0.484 e. The van der Waals surface area contributed by atoms with Crippen LogP contribution in [0.4, 0.5) is 5.82 Å². The van der Waals surface area contributed by atoms with Crippen molar-refractivity contribution in [2.45, 2.75) is 18.7 Å². The number of ether oxygens (including phenoxy) is 1. The van der Waals surface area contributed by atoms with E-state index in [1.165, 1.54) is 5.56 Å². The fraction of sp³-hybridized carbons (Fsp3) is 0.190. The number of nitrogens with two attached hydrogens (primary N) is 1. The number of rotatable bonds is 6. The molecule has 0 saturated carbocycles. The zero-order chi connectivity index (χ0) is 19.5. The first-order chi connectivity index (χ1) is 13.6. The number of aliphatic imine (C=N–C) groups is 1. The van der Waals surface area contributed by atoms with Gasteiger partial charge in [0.25, 0.3) is 5.91 Å². The molecule has 0 saturated heterocycles. The number of thioether (sulfide) groups is 1. The summed E-state index contributed by atoms with van der Waals surface area (Å²) >= 11 is 1.71. The summed E-state index contributed by atoms with van der Waals surface area (Å²) in [6.45, 7) is 2.58. The molecule has 1 aliphatic heterocycles. The van der Waals surface area contributed by atoms with E-state index >= 15 is 0 Å². The van der Waals surface area contributed by atoms with Crippen LogP contribution < -0.4 is 10.5 Å². The lowest BCUT2D eigenvalue weighted by molar-refractivity contribution is -0.119. The molecule has 1 atom stereocenters. The lowest BCUT2D eigenvalue weighted by atomic mass is 10.1. The number of hydrogen-bond acceptors (Lipinski definition) is 5. The van der Waals surface area contributed by atoms with Gasteiger partial charge in [-0.15, -0.1) is 0 Å². The minimum atomic E-state index is -0.491. The number of amides is 1. The Balaban J connectivity index is 1.59. The van der Waals surface area contributed by atoms with Gasteiger partial charge in [0.2, 0.25) is 0 Å². The topological polar surface area (TPSA) is 82.5 Å². The predicted molar refractivity (Wildman–Crippen MR) is 111 cm³/mol. The Labute approximate surface area is 167 Å². The maximum Gasteiger partial charge on any atom is 0.255 e. The molecular weight excluding hydrogens is 372 g/mol. The van der Waals surface area contributed by atoms with Crippen molar-refractivity contribution in [2.24, 2.45) is 10.7 Å². The monoisotopic (exact) mass is 392 g/mol. The van der Waals surface area contributed by atoms with Gasteiger partial charge in [-0.1, -0.05) is 54.2 Å². The molecule has 1 aliphatic rings. The van der Waals surface area contributed by atoms with E-state index in [1.54, 1.807) is 11.8 Å². The van der Waals surface area contributed by atoms with Gasteiger partial charge in [-0.25, -0.2) is 9.67 Å². The Morgan fingerprint density at radius 2 is 1.93 bits per heavy atom. The van der Waals surface area contributed by atoms with Crippen molar-refractivity contribution in [3.8, 4) is 5.75 Å². The molecule has 142 valence electrons. The summed E-state index contributed by atoms with van der Waals surface area (Å²) in [5.41, 5.74) is 8.54. The number of aromatic nitrogens is 2. The highest BCUT2D eigenvalue weighted by atomic mass is 32.2. The third-order valence-corrected chi connectivity index (χ3v) is 5.61. The van der Waals surface area contributed by atoms with Crippen molar-refractivity contribution < 1.29 is 9.53 Å². The number of carbonyl (C=O) groups is 1. The van der Waals surface area contributed by atoms with Gasteiger partial charge in [-0.3, -0.25) is 4.79 Å².